The van der Waals surface area contributed by atoms with Crippen LogP contribution in [-0.4, -0.2) is 15.6 Å². The van der Waals surface area contributed by atoms with E-state index in [1.165, 1.54) is 5.69 Å². The maximum atomic E-state index is 11.0. The Balaban J connectivity index is 2.21. The van der Waals surface area contributed by atoms with Crippen LogP contribution in [0.3, 0.4) is 0 Å². The van der Waals surface area contributed by atoms with Crippen molar-refractivity contribution in [2.45, 2.75) is 25.2 Å². The molecule has 0 spiro atoms. The number of aryl methyl sites for hydroxylation is 1. The summed E-state index contributed by atoms with van der Waals surface area (Å²) in [6, 6.07) is 2.00. The maximum Gasteiger partial charge on any atom is 0.133 e. The SMILES string of the molecule is Cn1nccc1C1CCC(=O)C1. The maximum absolute atomic E-state index is 11.0. The lowest BCUT2D eigenvalue weighted by atomic mass is 10.0. The molecule has 0 N–H and O–H groups in total. The highest BCUT2D eigenvalue weighted by atomic mass is 16.1. The van der Waals surface area contributed by atoms with Crippen molar-refractivity contribution in [2.24, 2.45) is 7.05 Å². The summed E-state index contributed by atoms with van der Waals surface area (Å²) in [6.07, 6.45) is 4.24. The van der Waals surface area contributed by atoms with Crippen molar-refractivity contribution in [3.8, 4) is 0 Å². The third kappa shape index (κ3) is 1.15. The summed E-state index contributed by atoms with van der Waals surface area (Å²) >= 11 is 0. The van der Waals surface area contributed by atoms with Crippen LogP contribution in [0.15, 0.2) is 12.3 Å². The molecule has 64 valence electrons. The Morgan fingerprint density at radius 1 is 1.67 bits per heavy atom. The Hall–Kier alpha value is -1.12. The summed E-state index contributed by atoms with van der Waals surface area (Å²) < 4.78 is 1.86. The number of carbonyl (C=O) groups is 1. The van der Waals surface area contributed by atoms with Gasteiger partial charge in [0.05, 0.1) is 0 Å². The van der Waals surface area contributed by atoms with Crippen molar-refractivity contribution in [1.29, 1.82) is 0 Å². The molecule has 0 saturated heterocycles. The van der Waals surface area contributed by atoms with Crippen molar-refractivity contribution >= 4 is 5.78 Å². The van der Waals surface area contributed by atoms with Gasteiger partial charge in [-0.1, -0.05) is 0 Å². The molecule has 1 aromatic heterocycles. The first-order valence-electron chi connectivity index (χ1n) is 4.27. The van der Waals surface area contributed by atoms with Gasteiger partial charge < -0.3 is 0 Å². The minimum absolute atomic E-state index is 0.390. The Bertz CT molecular complexity index is 303. The Kier molecular flexibility index (Phi) is 1.71. The third-order valence-electron chi connectivity index (χ3n) is 2.52. The molecular formula is C9H12N2O. The predicted molar refractivity (Wildman–Crippen MR) is 44.8 cm³/mol. The normalized spacial score (nSPS) is 23.4. The molecule has 0 aromatic carbocycles. The molecule has 1 atom stereocenters. The zero-order valence-corrected chi connectivity index (χ0v) is 7.16. The molecule has 1 saturated carbocycles. The van der Waals surface area contributed by atoms with Gasteiger partial charge >= 0.3 is 0 Å². The Morgan fingerprint density at radius 3 is 3.00 bits per heavy atom. The lowest BCUT2D eigenvalue weighted by molar-refractivity contribution is -0.117. The summed E-state index contributed by atoms with van der Waals surface area (Å²) in [7, 11) is 1.93. The van der Waals surface area contributed by atoms with E-state index in [1.807, 2.05) is 17.8 Å². The number of ketones is 1. The number of hydrogen-bond acceptors (Lipinski definition) is 2. The minimum Gasteiger partial charge on any atom is -0.300 e. The van der Waals surface area contributed by atoms with Gasteiger partial charge in [-0.05, 0) is 12.5 Å². The molecular weight excluding hydrogens is 152 g/mol. The van der Waals surface area contributed by atoms with Gasteiger partial charge in [-0.25, -0.2) is 0 Å². The number of Topliss-reactive ketones (excluding diaryl/α,β-unsaturated/α-hetero) is 1. The van der Waals surface area contributed by atoms with E-state index >= 15 is 0 Å². The van der Waals surface area contributed by atoms with E-state index in [2.05, 4.69) is 5.10 Å². The molecule has 0 amide bonds. The molecule has 1 unspecified atom stereocenters. The van der Waals surface area contributed by atoms with E-state index in [1.54, 1.807) is 6.20 Å². The van der Waals surface area contributed by atoms with Crippen LogP contribution >= 0.6 is 0 Å². The highest BCUT2D eigenvalue weighted by molar-refractivity contribution is 5.81. The van der Waals surface area contributed by atoms with Crippen LogP contribution in [-0.2, 0) is 11.8 Å². The molecule has 0 radical (unpaired) electrons. The average Bonchev–Trinajstić information content (AvgIpc) is 2.58. The largest absolute Gasteiger partial charge is 0.300 e. The fourth-order valence-electron chi connectivity index (χ4n) is 1.85. The molecule has 12 heavy (non-hydrogen) atoms. The van der Waals surface area contributed by atoms with E-state index in [-0.39, 0.29) is 0 Å². The van der Waals surface area contributed by atoms with Crippen LogP contribution in [0.25, 0.3) is 0 Å². The van der Waals surface area contributed by atoms with Crippen molar-refractivity contribution in [1.82, 2.24) is 9.78 Å². The zero-order chi connectivity index (χ0) is 8.55. The monoisotopic (exact) mass is 164 g/mol. The molecule has 3 heteroatoms. The van der Waals surface area contributed by atoms with Crippen molar-refractivity contribution in [3.05, 3.63) is 18.0 Å². The summed E-state index contributed by atoms with van der Waals surface area (Å²) in [4.78, 5) is 11.0. The Morgan fingerprint density at radius 2 is 2.50 bits per heavy atom. The van der Waals surface area contributed by atoms with Crippen molar-refractivity contribution in [3.63, 3.8) is 0 Å². The fraction of sp³-hybridized carbons (Fsp3) is 0.556. The zero-order valence-electron chi connectivity index (χ0n) is 7.16. The minimum atomic E-state index is 0.390. The van der Waals surface area contributed by atoms with Gasteiger partial charge in [0.15, 0.2) is 0 Å². The second kappa shape index (κ2) is 2.73. The van der Waals surface area contributed by atoms with Crippen LogP contribution in [0.1, 0.15) is 30.9 Å². The molecule has 1 heterocycles. The lowest BCUT2D eigenvalue weighted by Crippen LogP contribution is -2.02. The summed E-state index contributed by atoms with van der Waals surface area (Å²) in [5.74, 6) is 0.811. The highest BCUT2D eigenvalue weighted by Crippen LogP contribution is 2.31. The van der Waals surface area contributed by atoms with Crippen LogP contribution in [0.4, 0.5) is 0 Å². The summed E-state index contributed by atoms with van der Waals surface area (Å²) in [5.41, 5.74) is 1.20. The average molecular weight is 164 g/mol. The quantitative estimate of drug-likeness (QED) is 0.626. The van der Waals surface area contributed by atoms with Crippen LogP contribution < -0.4 is 0 Å². The lowest BCUT2D eigenvalue weighted by Gasteiger charge is -2.07. The van der Waals surface area contributed by atoms with Crippen LogP contribution in [0.5, 0.6) is 0 Å². The molecule has 1 aliphatic rings. The van der Waals surface area contributed by atoms with Gasteiger partial charge in [0.2, 0.25) is 0 Å². The Labute approximate surface area is 71.4 Å². The van der Waals surface area contributed by atoms with E-state index in [4.69, 9.17) is 0 Å². The highest BCUT2D eigenvalue weighted by Gasteiger charge is 2.25. The molecule has 1 aromatic rings. The molecule has 0 aliphatic heterocycles. The van der Waals surface area contributed by atoms with Crippen LogP contribution in [0, 0.1) is 0 Å². The van der Waals surface area contributed by atoms with Gasteiger partial charge in [0, 0.05) is 37.7 Å². The number of rotatable bonds is 1. The topological polar surface area (TPSA) is 34.9 Å². The molecule has 0 bridgehead atoms. The first kappa shape index (κ1) is 7.53. The van der Waals surface area contributed by atoms with Crippen LogP contribution in [0.2, 0.25) is 0 Å². The molecule has 3 nitrogen and oxygen atoms in total. The van der Waals surface area contributed by atoms with E-state index in [0.29, 0.717) is 18.1 Å². The van der Waals surface area contributed by atoms with E-state index in [0.717, 1.165) is 12.8 Å². The number of hydrogen-bond donors (Lipinski definition) is 0. The second-order valence-electron chi connectivity index (χ2n) is 3.36. The van der Waals surface area contributed by atoms with E-state index < -0.39 is 0 Å². The molecule has 2 rings (SSSR count). The predicted octanol–water partition coefficient (Wildman–Crippen LogP) is 1.26. The fourth-order valence-corrected chi connectivity index (χ4v) is 1.85. The first-order valence-corrected chi connectivity index (χ1v) is 4.27. The summed E-state index contributed by atoms with van der Waals surface area (Å²) in [5, 5.41) is 4.09. The first-order chi connectivity index (χ1) is 5.77. The van der Waals surface area contributed by atoms with Crippen molar-refractivity contribution < 1.29 is 4.79 Å². The standard InChI is InChI=1S/C9H12N2O/c1-11-9(4-5-10-11)7-2-3-8(12)6-7/h4-5,7H,2-3,6H2,1H3. The van der Waals surface area contributed by atoms with Gasteiger partial charge in [-0.2, -0.15) is 5.10 Å². The number of aromatic nitrogens is 2. The summed E-state index contributed by atoms with van der Waals surface area (Å²) in [6.45, 7) is 0. The van der Waals surface area contributed by atoms with Gasteiger partial charge in [-0.15, -0.1) is 0 Å². The van der Waals surface area contributed by atoms with Gasteiger partial charge in [-0.3, -0.25) is 9.48 Å². The van der Waals surface area contributed by atoms with E-state index in [9.17, 15) is 4.79 Å². The molecule has 1 aliphatic carbocycles. The molecule has 1 fully saturated rings. The second-order valence-corrected chi connectivity index (χ2v) is 3.36. The van der Waals surface area contributed by atoms with Gasteiger partial charge in [0.25, 0.3) is 0 Å². The number of nitrogens with zero attached hydrogens (tertiary/aromatic N) is 2. The smallest absolute Gasteiger partial charge is 0.133 e. The number of carbonyl (C=O) groups excluding carboxylic acids is 1. The third-order valence-corrected chi connectivity index (χ3v) is 2.52. The van der Waals surface area contributed by atoms with Gasteiger partial charge in [0.1, 0.15) is 5.78 Å². The van der Waals surface area contributed by atoms with Crippen molar-refractivity contribution in [2.75, 3.05) is 0 Å².